The van der Waals surface area contributed by atoms with Crippen molar-refractivity contribution in [2.45, 2.75) is 0 Å². The minimum absolute atomic E-state index is 0.104. The largest absolute Gasteiger partial charge is 0.382 e. The van der Waals surface area contributed by atoms with Crippen molar-refractivity contribution in [3.05, 3.63) is 39.9 Å². The summed E-state index contributed by atoms with van der Waals surface area (Å²) in [6.07, 6.45) is 0. The van der Waals surface area contributed by atoms with Gasteiger partial charge in [0.1, 0.15) is 6.61 Å². The van der Waals surface area contributed by atoms with Crippen LogP contribution in [0.25, 0.3) is 0 Å². The molecule has 0 unspecified atom stereocenters. The van der Waals surface area contributed by atoms with E-state index in [1.165, 1.54) is 31.4 Å². The van der Waals surface area contributed by atoms with Gasteiger partial charge in [-0.15, -0.1) is 0 Å². The van der Waals surface area contributed by atoms with Gasteiger partial charge in [0.25, 0.3) is 5.69 Å². The molecule has 0 radical (unpaired) electrons. The number of carbonyl (C=O) groups is 1. The fraction of sp³-hybridized carbons (Fsp3) is 0.364. The van der Waals surface area contributed by atoms with Crippen molar-refractivity contribution < 1.29 is 19.2 Å². The SMILES string of the molecule is COCCOCC(=O)c1cccc([N+](=O)[O-])c1. The van der Waals surface area contributed by atoms with Crippen molar-refractivity contribution in [2.24, 2.45) is 0 Å². The highest BCUT2D eigenvalue weighted by Gasteiger charge is 2.11. The number of rotatable bonds is 7. The van der Waals surface area contributed by atoms with Gasteiger partial charge in [-0.05, 0) is 0 Å². The maximum absolute atomic E-state index is 11.6. The lowest BCUT2D eigenvalue weighted by Crippen LogP contribution is -2.12. The molecule has 0 spiro atoms. The quantitative estimate of drug-likeness (QED) is 0.311. The number of nitro groups is 1. The summed E-state index contributed by atoms with van der Waals surface area (Å²) in [5.41, 5.74) is 0.171. The van der Waals surface area contributed by atoms with Crippen LogP contribution in [0.15, 0.2) is 24.3 Å². The van der Waals surface area contributed by atoms with Crippen LogP contribution in [-0.4, -0.2) is 37.6 Å². The third kappa shape index (κ3) is 4.29. The van der Waals surface area contributed by atoms with E-state index in [-0.39, 0.29) is 23.6 Å². The molecular formula is C11H13NO5. The van der Waals surface area contributed by atoms with Crippen molar-refractivity contribution in [1.29, 1.82) is 0 Å². The number of ether oxygens (including phenoxy) is 2. The molecule has 0 aliphatic carbocycles. The van der Waals surface area contributed by atoms with Gasteiger partial charge >= 0.3 is 0 Å². The summed E-state index contributed by atoms with van der Waals surface area (Å²) in [4.78, 5) is 21.6. The molecular weight excluding hydrogens is 226 g/mol. The first kappa shape index (κ1) is 13.3. The van der Waals surface area contributed by atoms with Crippen LogP contribution in [-0.2, 0) is 9.47 Å². The highest BCUT2D eigenvalue weighted by Crippen LogP contribution is 2.13. The van der Waals surface area contributed by atoms with Crippen LogP contribution in [0.1, 0.15) is 10.4 Å². The van der Waals surface area contributed by atoms with Gasteiger partial charge in [0, 0.05) is 24.8 Å². The molecule has 0 N–H and O–H groups in total. The first-order chi connectivity index (χ1) is 8.15. The molecule has 6 nitrogen and oxygen atoms in total. The lowest BCUT2D eigenvalue weighted by molar-refractivity contribution is -0.384. The third-order valence-corrected chi connectivity index (χ3v) is 2.04. The zero-order valence-corrected chi connectivity index (χ0v) is 9.42. The number of nitrogens with zero attached hydrogens (tertiary/aromatic N) is 1. The Labute approximate surface area is 98.3 Å². The van der Waals surface area contributed by atoms with E-state index in [1.54, 1.807) is 0 Å². The van der Waals surface area contributed by atoms with Gasteiger partial charge < -0.3 is 9.47 Å². The summed E-state index contributed by atoms with van der Waals surface area (Å²) < 4.78 is 9.80. The van der Waals surface area contributed by atoms with Crippen molar-refractivity contribution >= 4 is 11.5 Å². The molecule has 0 aliphatic heterocycles. The van der Waals surface area contributed by atoms with Crippen LogP contribution < -0.4 is 0 Å². The Morgan fingerprint density at radius 1 is 1.41 bits per heavy atom. The van der Waals surface area contributed by atoms with Crippen LogP contribution in [0.3, 0.4) is 0 Å². The van der Waals surface area contributed by atoms with Crippen LogP contribution >= 0.6 is 0 Å². The molecule has 6 heteroatoms. The molecule has 0 amide bonds. The molecule has 92 valence electrons. The first-order valence-electron chi connectivity index (χ1n) is 4.99. The van der Waals surface area contributed by atoms with Crippen molar-refractivity contribution in [2.75, 3.05) is 26.9 Å². The summed E-state index contributed by atoms with van der Waals surface area (Å²) >= 11 is 0. The van der Waals surface area contributed by atoms with E-state index in [1.807, 2.05) is 0 Å². The third-order valence-electron chi connectivity index (χ3n) is 2.04. The number of non-ortho nitro benzene ring substituents is 1. The summed E-state index contributed by atoms with van der Waals surface area (Å²) in [6.45, 7) is 0.615. The Bertz CT molecular complexity index is 405. The van der Waals surface area contributed by atoms with Gasteiger partial charge in [0.05, 0.1) is 18.1 Å². The van der Waals surface area contributed by atoms with E-state index in [4.69, 9.17) is 9.47 Å². The van der Waals surface area contributed by atoms with Crippen molar-refractivity contribution in [1.82, 2.24) is 0 Å². The minimum atomic E-state index is -0.539. The molecule has 0 heterocycles. The average Bonchev–Trinajstić information content (AvgIpc) is 2.34. The topological polar surface area (TPSA) is 78.7 Å². The van der Waals surface area contributed by atoms with E-state index in [2.05, 4.69) is 0 Å². The molecule has 0 saturated carbocycles. The fourth-order valence-corrected chi connectivity index (χ4v) is 1.18. The smallest absolute Gasteiger partial charge is 0.270 e. The number of methoxy groups -OCH3 is 1. The normalized spacial score (nSPS) is 10.2. The second-order valence-corrected chi connectivity index (χ2v) is 3.28. The summed E-state index contributed by atoms with van der Waals surface area (Å²) in [5.74, 6) is -0.287. The number of ketones is 1. The summed E-state index contributed by atoms with van der Waals surface area (Å²) in [7, 11) is 1.53. The van der Waals surface area contributed by atoms with Gasteiger partial charge in [0.2, 0.25) is 0 Å². The predicted molar refractivity (Wildman–Crippen MR) is 60.1 cm³/mol. The molecule has 0 aliphatic rings. The molecule has 0 atom stereocenters. The molecule has 0 bridgehead atoms. The zero-order chi connectivity index (χ0) is 12.7. The van der Waals surface area contributed by atoms with Gasteiger partial charge in [-0.2, -0.15) is 0 Å². The summed E-state index contributed by atoms with van der Waals surface area (Å²) in [5, 5.41) is 10.5. The Hall–Kier alpha value is -1.79. The number of nitro benzene ring substituents is 1. The van der Waals surface area contributed by atoms with E-state index in [0.29, 0.717) is 13.2 Å². The summed E-state index contributed by atoms with van der Waals surface area (Å²) in [6, 6.07) is 5.57. The van der Waals surface area contributed by atoms with Crippen LogP contribution in [0.2, 0.25) is 0 Å². The van der Waals surface area contributed by atoms with Gasteiger partial charge in [-0.1, -0.05) is 12.1 Å². The zero-order valence-electron chi connectivity index (χ0n) is 9.42. The Morgan fingerprint density at radius 3 is 2.82 bits per heavy atom. The van der Waals surface area contributed by atoms with Gasteiger partial charge in [-0.25, -0.2) is 0 Å². The molecule has 0 saturated heterocycles. The second kappa shape index (κ2) is 6.72. The monoisotopic (exact) mass is 239 g/mol. The lowest BCUT2D eigenvalue weighted by Gasteiger charge is -2.03. The van der Waals surface area contributed by atoms with Crippen LogP contribution in [0.4, 0.5) is 5.69 Å². The van der Waals surface area contributed by atoms with Crippen molar-refractivity contribution in [3.8, 4) is 0 Å². The second-order valence-electron chi connectivity index (χ2n) is 3.28. The van der Waals surface area contributed by atoms with Gasteiger partial charge in [-0.3, -0.25) is 14.9 Å². The Morgan fingerprint density at radius 2 is 2.18 bits per heavy atom. The average molecular weight is 239 g/mol. The highest BCUT2D eigenvalue weighted by atomic mass is 16.6. The number of benzene rings is 1. The predicted octanol–water partition coefficient (Wildman–Crippen LogP) is 1.44. The first-order valence-corrected chi connectivity index (χ1v) is 4.99. The minimum Gasteiger partial charge on any atom is -0.382 e. The Balaban J connectivity index is 2.56. The van der Waals surface area contributed by atoms with E-state index >= 15 is 0 Å². The maximum atomic E-state index is 11.6. The fourth-order valence-electron chi connectivity index (χ4n) is 1.18. The number of hydrogen-bond acceptors (Lipinski definition) is 5. The molecule has 0 aromatic heterocycles. The van der Waals surface area contributed by atoms with Crippen LogP contribution in [0.5, 0.6) is 0 Å². The van der Waals surface area contributed by atoms with Crippen molar-refractivity contribution in [3.63, 3.8) is 0 Å². The standard InChI is InChI=1S/C11H13NO5/c1-16-5-6-17-8-11(13)9-3-2-4-10(7-9)12(14)15/h2-4,7H,5-6,8H2,1H3. The molecule has 1 aromatic rings. The number of carbonyl (C=O) groups excluding carboxylic acids is 1. The Kier molecular flexibility index (Phi) is 5.25. The van der Waals surface area contributed by atoms with Crippen LogP contribution in [0, 0.1) is 10.1 Å². The molecule has 17 heavy (non-hydrogen) atoms. The maximum Gasteiger partial charge on any atom is 0.270 e. The highest BCUT2D eigenvalue weighted by molar-refractivity contribution is 5.97. The van der Waals surface area contributed by atoms with E-state index in [9.17, 15) is 14.9 Å². The molecule has 1 rings (SSSR count). The number of Topliss-reactive ketones (excluding diaryl/α,β-unsaturated/α-hetero) is 1. The van der Waals surface area contributed by atoms with Gasteiger partial charge in [0.15, 0.2) is 5.78 Å². The van der Waals surface area contributed by atoms with E-state index in [0.717, 1.165) is 0 Å². The molecule has 0 fully saturated rings. The molecule has 1 aromatic carbocycles. The van der Waals surface area contributed by atoms with E-state index < -0.39 is 4.92 Å². The number of hydrogen-bond donors (Lipinski definition) is 0. The lowest BCUT2D eigenvalue weighted by atomic mass is 10.1.